The number of nitrogens with one attached hydrogen (secondary N) is 1. The zero-order valence-electron chi connectivity index (χ0n) is 16.7. The molecule has 6 nitrogen and oxygen atoms in total. The molecule has 0 fully saturated rings. The fraction of sp³-hybridized carbons (Fsp3) is 0.318. The van der Waals surface area contributed by atoms with Crippen molar-refractivity contribution in [1.82, 2.24) is 15.3 Å². The van der Waals surface area contributed by atoms with Crippen LogP contribution in [0.3, 0.4) is 0 Å². The highest BCUT2D eigenvalue weighted by Crippen LogP contribution is 2.30. The predicted octanol–water partition coefficient (Wildman–Crippen LogP) is 4.45. The lowest BCUT2D eigenvalue weighted by molar-refractivity contribution is 0.0941. The molecule has 0 spiro atoms. The number of halogens is 1. The van der Waals surface area contributed by atoms with Crippen LogP contribution in [0.5, 0.6) is 11.5 Å². The van der Waals surface area contributed by atoms with E-state index < -0.39 is 11.7 Å². The van der Waals surface area contributed by atoms with E-state index >= 15 is 0 Å². The summed E-state index contributed by atoms with van der Waals surface area (Å²) < 4.78 is 25.1. The first kappa shape index (κ1) is 20.5. The molecule has 152 valence electrons. The van der Waals surface area contributed by atoms with Gasteiger partial charge in [0.15, 0.2) is 11.5 Å². The second kappa shape index (κ2) is 9.32. The number of rotatable bonds is 8. The monoisotopic (exact) mass is 397 g/mol. The number of nitrogens with zero attached hydrogens (tertiary/aromatic N) is 2. The molecule has 1 N–H and O–H groups in total. The van der Waals surface area contributed by atoms with Crippen molar-refractivity contribution >= 4 is 16.9 Å². The number of hydrogen-bond donors (Lipinski definition) is 1. The Morgan fingerprint density at radius 1 is 1.17 bits per heavy atom. The van der Waals surface area contributed by atoms with Gasteiger partial charge in [0.1, 0.15) is 11.3 Å². The van der Waals surface area contributed by atoms with Gasteiger partial charge in [0.2, 0.25) is 0 Å². The molecular weight excluding hydrogens is 373 g/mol. The van der Waals surface area contributed by atoms with E-state index in [0.717, 1.165) is 18.4 Å². The zero-order chi connectivity index (χ0) is 20.8. The molecule has 1 amide bonds. The Bertz CT molecular complexity index is 1010. The van der Waals surface area contributed by atoms with Crippen LogP contribution < -0.4 is 14.8 Å². The highest BCUT2D eigenvalue weighted by Gasteiger charge is 2.18. The minimum atomic E-state index is -0.536. The van der Waals surface area contributed by atoms with Crippen molar-refractivity contribution in [1.29, 1.82) is 0 Å². The van der Waals surface area contributed by atoms with Crippen molar-refractivity contribution in [2.75, 3.05) is 13.7 Å². The second-order valence-corrected chi connectivity index (χ2v) is 6.68. The summed E-state index contributed by atoms with van der Waals surface area (Å²) in [5, 5.41) is 2.89. The molecule has 2 aromatic carbocycles. The number of unbranched alkanes of at least 4 members (excludes halogenated alkanes) is 1. The molecule has 0 radical (unpaired) electrons. The second-order valence-electron chi connectivity index (χ2n) is 6.68. The molecule has 3 rings (SSSR count). The Kier molecular flexibility index (Phi) is 6.59. The van der Waals surface area contributed by atoms with Crippen LogP contribution in [0.25, 0.3) is 11.0 Å². The third-order valence-electron chi connectivity index (χ3n) is 4.57. The number of fused-ring (bicyclic) bond motifs is 1. The lowest BCUT2D eigenvalue weighted by atomic mass is 10.1. The molecule has 1 heterocycles. The van der Waals surface area contributed by atoms with Crippen LogP contribution in [-0.4, -0.2) is 29.6 Å². The summed E-state index contributed by atoms with van der Waals surface area (Å²) in [6.07, 6.45) is 4.94. The van der Waals surface area contributed by atoms with Crippen molar-refractivity contribution in [3.8, 4) is 11.5 Å². The standard InChI is InChI=1S/C22H24FN3O3/c1-4-5-10-29-19-7-6-15(11-20(19)28-3)14(2)26-22(27)17-12-16(23)13-18-21(17)25-9-8-24-18/h6-9,11-14H,4-5,10H2,1-3H3,(H,26,27). The fourth-order valence-electron chi connectivity index (χ4n) is 2.97. The molecule has 0 saturated carbocycles. The average Bonchev–Trinajstić information content (AvgIpc) is 2.73. The lowest BCUT2D eigenvalue weighted by Crippen LogP contribution is -2.27. The molecule has 7 heteroatoms. The van der Waals surface area contributed by atoms with Gasteiger partial charge in [-0.25, -0.2) is 4.39 Å². The van der Waals surface area contributed by atoms with Crippen LogP contribution in [-0.2, 0) is 0 Å². The third-order valence-corrected chi connectivity index (χ3v) is 4.57. The fourth-order valence-corrected chi connectivity index (χ4v) is 2.97. The summed E-state index contributed by atoms with van der Waals surface area (Å²) in [6, 6.07) is 7.62. The van der Waals surface area contributed by atoms with Gasteiger partial charge in [-0.3, -0.25) is 14.8 Å². The van der Waals surface area contributed by atoms with E-state index in [1.807, 2.05) is 25.1 Å². The minimum absolute atomic E-state index is 0.145. The Morgan fingerprint density at radius 3 is 2.72 bits per heavy atom. The number of methoxy groups -OCH3 is 1. The van der Waals surface area contributed by atoms with Crippen LogP contribution in [0.1, 0.15) is 48.7 Å². The number of ether oxygens (including phenoxy) is 2. The topological polar surface area (TPSA) is 73.3 Å². The molecule has 29 heavy (non-hydrogen) atoms. The quantitative estimate of drug-likeness (QED) is 0.569. The van der Waals surface area contributed by atoms with Crippen LogP contribution in [0, 0.1) is 5.82 Å². The number of benzene rings is 2. The van der Waals surface area contributed by atoms with Crippen molar-refractivity contribution < 1.29 is 18.7 Å². The Labute approximate surface area is 169 Å². The summed E-state index contributed by atoms with van der Waals surface area (Å²) in [5.41, 5.74) is 1.67. The van der Waals surface area contributed by atoms with Crippen molar-refractivity contribution in [2.24, 2.45) is 0 Å². The minimum Gasteiger partial charge on any atom is -0.493 e. The maximum Gasteiger partial charge on any atom is 0.254 e. The van der Waals surface area contributed by atoms with E-state index in [1.165, 1.54) is 24.5 Å². The van der Waals surface area contributed by atoms with Gasteiger partial charge < -0.3 is 14.8 Å². The molecular formula is C22H24FN3O3. The molecule has 0 saturated heterocycles. The predicted molar refractivity (Wildman–Crippen MR) is 109 cm³/mol. The Hall–Kier alpha value is -3.22. The van der Waals surface area contributed by atoms with Gasteiger partial charge in [0.05, 0.1) is 30.8 Å². The SMILES string of the molecule is CCCCOc1ccc(C(C)NC(=O)c2cc(F)cc3nccnc23)cc1OC. The van der Waals surface area contributed by atoms with Gasteiger partial charge in [-0.15, -0.1) is 0 Å². The summed E-state index contributed by atoms with van der Waals surface area (Å²) in [7, 11) is 1.58. The van der Waals surface area contributed by atoms with E-state index in [2.05, 4.69) is 22.2 Å². The van der Waals surface area contributed by atoms with E-state index in [1.54, 1.807) is 7.11 Å². The highest BCUT2D eigenvalue weighted by atomic mass is 19.1. The highest BCUT2D eigenvalue weighted by molar-refractivity contribution is 6.04. The summed E-state index contributed by atoms with van der Waals surface area (Å²) in [4.78, 5) is 21.0. The van der Waals surface area contributed by atoms with Gasteiger partial charge in [-0.2, -0.15) is 0 Å². The first-order valence-electron chi connectivity index (χ1n) is 9.55. The van der Waals surface area contributed by atoms with Crippen LogP contribution in [0.2, 0.25) is 0 Å². The number of hydrogen-bond acceptors (Lipinski definition) is 5. The number of aromatic nitrogens is 2. The summed E-state index contributed by atoms with van der Waals surface area (Å²) >= 11 is 0. The number of amides is 1. The molecule has 1 aromatic heterocycles. The smallest absolute Gasteiger partial charge is 0.254 e. The van der Waals surface area contributed by atoms with Gasteiger partial charge >= 0.3 is 0 Å². The van der Waals surface area contributed by atoms with Crippen molar-refractivity contribution in [2.45, 2.75) is 32.7 Å². The molecule has 1 unspecified atom stereocenters. The molecule has 0 bridgehead atoms. The number of carbonyl (C=O) groups excluding carboxylic acids is 1. The van der Waals surface area contributed by atoms with Crippen molar-refractivity contribution in [3.63, 3.8) is 0 Å². The lowest BCUT2D eigenvalue weighted by Gasteiger charge is -2.17. The van der Waals surface area contributed by atoms with Crippen LogP contribution in [0.15, 0.2) is 42.7 Å². The molecule has 0 aliphatic heterocycles. The van der Waals surface area contributed by atoms with Gasteiger partial charge in [-0.05, 0) is 37.1 Å². The molecule has 3 aromatic rings. The molecule has 0 aliphatic rings. The summed E-state index contributed by atoms with van der Waals surface area (Å²) in [6.45, 7) is 4.56. The van der Waals surface area contributed by atoms with E-state index in [0.29, 0.717) is 29.1 Å². The van der Waals surface area contributed by atoms with Crippen molar-refractivity contribution in [3.05, 3.63) is 59.7 Å². The maximum absolute atomic E-state index is 13.9. The Morgan fingerprint density at radius 2 is 1.97 bits per heavy atom. The average molecular weight is 397 g/mol. The van der Waals surface area contributed by atoms with E-state index in [-0.39, 0.29) is 11.6 Å². The number of carbonyl (C=O) groups is 1. The van der Waals surface area contributed by atoms with Crippen LogP contribution >= 0.6 is 0 Å². The summed E-state index contributed by atoms with van der Waals surface area (Å²) in [5.74, 6) is 0.298. The molecule has 0 aliphatic carbocycles. The first-order chi connectivity index (χ1) is 14.0. The maximum atomic E-state index is 13.9. The largest absolute Gasteiger partial charge is 0.493 e. The first-order valence-corrected chi connectivity index (χ1v) is 9.55. The normalized spacial score (nSPS) is 11.9. The zero-order valence-corrected chi connectivity index (χ0v) is 16.7. The van der Waals surface area contributed by atoms with Gasteiger partial charge in [0, 0.05) is 18.5 Å². The van der Waals surface area contributed by atoms with Gasteiger partial charge in [0.25, 0.3) is 5.91 Å². The Balaban J connectivity index is 1.80. The third kappa shape index (κ3) is 4.80. The van der Waals surface area contributed by atoms with E-state index in [9.17, 15) is 9.18 Å². The van der Waals surface area contributed by atoms with Gasteiger partial charge in [-0.1, -0.05) is 19.4 Å². The van der Waals surface area contributed by atoms with E-state index in [4.69, 9.17) is 9.47 Å². The van der Waals surface area contributed by atoms with Crippen LogP contribution in [0.4, 0.5) is 4.39 Å². The molecule has 1 atom stereocenters.